The normalized spacial score (nSPS) is 11.1. The third-order valence-electron chi connectivity index (χ3n) is 4.52. The zero-order valence-corrected chi connectivity index (χ0v) is 16.8. The Morgan fingerprint density at radius 3 is 2.32 bits per heavy atom. The molecule has 1 N–H and O–H groups in total. The first-order chi connectivity index (χ1) is 13.3. The van der Waals surface area contributed by atoms with Crippen LogP contribution in [0.1, 0.15) is 42.4 Å². The summed E-state index contributed by atoms with van der Waals surface area (Å²) < 4.78 is 0. The minimum atomic E-state index is -0.141. The van der Waals surface area contributed by atoms with Gasteiger partial charge in [0.1, 0.15) is 17.8 Å². The maximum atomic E-state index is 12.7. The summed E-state index contributed by atoms with van der Waals surface area (Å²) in [5, 5.41) is 3.24. The lowest BCUT2D eigenvalue weighted by molar-refractivity contribution is 0.0779. The second kappa shape index (κ2) is 8.21. The molecule has 5 nitrogen and oxygen atoms in total. The van der Waals surface area contributed by atoms with Crippen LogP contribution in [0.3, 0.4) is 0 Å². The summed E-state index contributed by atoms with van der Waals surface area (Å²) in [5.41, 5.74) is 3.73. The molecule has 3 rings (SSSR count). The van der Waals surface area contributed by atoms with E-state index in [9.17, 15) is 4.79 Å². The molecule has 0 spiro atoms. The lowest BCUT2D eigenvalue weighted by Gasteiger charge is -2.19. The van der Waals surface area contributed by atoms with E-state index in [1.165, 1.54) is 11.9 Å². The van der Waals surface area contributed by atoms with Crippen LogP contribution in [0.4, 0.5) is 11.5 Å². The van der Waals surface area contributed by atoms with Crippen LogP contribution in [0.2, 0.25) is 0 Å². The molecule has 3 aromatic rings. The summed E-state index contributed by atoms with van der Waals surface area (Å²) in [7, 11) is 1.77. The van der Waals surface area contributed by atoms with Crippen LogP contribution >= 0.6 is 0 Å². The third-order valence-corrected chi connectivity index (χ3v) is 4.52. The fourth-order valence-electron chi connectivity index (χ4n) is 2.87. The van der Waals surface area contributed by atoms with Crippen LogP contribution in [0.15, 0.2) is 67.0 Å². The molecule has 0 unspecified atom stereocenters. The highest BCUT2D eigenvalue weighted by Crippen LogP contribution is 2.24. The molecule has 0 saturated carbocycles. The summed E-state index contributed by atoms with van der Waals surface area (Å²) in [6, 6.07) is 19.8. The van der Waals surface area contributed by atoms with E-state index in [0.29, 0.717) is 18.1 Å². The van der Waals surface area contributed by atoms with Crippen molar-refractivity contribution >= 4 is 17.4 Å². The van der Waals surface area contributed by atoms with Gasteiger partial charge in [0.25, 0.3) is 5.91 Å². The van der Waals surface area contributed by atoms with Crippen molar-refractivity contribution < 1.29 is 4.79 Å². The Hall–Kier alpha value is -3.21. The van der Waals surface area contributed by atoms with E-state index in [0.717, 1.165) is 11.3 Å². The summed E-state index contributed by atoms with van der Waals surface area (Å²) in [6.45, 7) is 7.08. The van der Waals surface area contributed by atoms with Crippen molar-refractivity contribution in [2.45, 2.75) is 32.7 Å². The van der Waals surface area contributed by atoms with Gasteiger partial charge < -0.3 is 10.2 Å². The molecular formula is C23H26N4O. The number of benzene rings is 2. The Labute approximate surface area is 166 Å². The van der Waals surface area contributed by atoms with Gasteiger partial charge >= 0.3 is 0 Å². The first-order valence-corrected chi connectivity index (χ1v) is 9.32. The van der Waals surface area contributed by atoms with Crippen LogP contribution in [0.5, 0.6) is 0 Å². The molecule has 1 aromatic heterocycles. The Balaban J connectivity index is 1.70. The smallest absolute Gasteiger partial charge is 0.272 e. The number of nitrogens with one attached hydrogen (secondary N) is 1. The first-order valence-electron chi connectivity index (χ1n) is 9.32. The van der Waals surface area contributed by atoms with Crippen molar-refractivity contribution in [3.05, 3.63) is 83.8 Å². The Morgan fingerprint density at radius 1 is 1.00 bits per heavy atom. The van der Waals surface area contributed by atoms with E-state index in [2.05, 4.69) is 48.2 Å². The highest BCUT2D eigenvalue weighted by atomic mass is 16.2. The lowest BCUT2D eigenvalue weighted by atomic mass is 9.87. The molecule has 0 saturated heterocycles. The molecule has 144 valence electrons. The molecule has 2 aromatic carbocycles. The van der Waals surface area contributed by atoms with Crippen molar-refractivity contribution in [1.29, 1.82) is 0 Å². The minimum Gasteiger partial charge on any atom is -0.340 e. The van der Waals surface area contributed by atoms with E-state index in [4.69, 9.17) is 0 Å². The van der Waals surface area contributed by atoms with Crippen molar-refractivity contribution in [2.75, 3.05) is 12.4 Å². The highest BCUT2D eigenvalue weighted by Gasteiger charge is 2.15. The summed E-state index contributed by atoms with van der Waals surface area (Å²) in [6.07, 6.45) is 1.41. The number of carbonyl (C=O) groups excluding carboxylic acids is 1. The van der Waals surface area contributed by atoms with E-state index >= 15 is 0 Å². The third kappa shape index (κ3) is 4.94. The molecule has 0 radical (unpaired) electrons. The number of hydrogen-bond acceptors (Lipinski definition) is 4. The molecular weight excluding hydrogens is 348 g/mol. The van der Waals surface area contributed by atoms with Gasteiger partial charge in [0.2, 0.25) is 0 Å². The van der Waals surface area contributed by atoms with Crippen LogP contribution in [0, 0.1) is 0 Å². The Kier molecular flexibility index (Phi) is 5.73. The van der Waals surface area contributed by atoms with E-state index in [1.54, 1.807) is 18.0 Å². The monoisotopic (exact) mass is 374 g/mol. The molecule has 0 fully saturated rings. The number of aromatic nitrogens is 2. The van der Waals surface area contributed by atoms with Crippen molar-refractivity contribution in [1.82, 2.24) is 14.9 Å². The van der Waals surface area contributed by atoms with Crippen LogP contribution in [-0.2, 0) is 12.0 Å². The van der Waals surface area contributed by atoms with Crippen molar-refractivity contribution in [3.63, 3.8) is 0 Å². The number of hydrogen-bond donors (Lipinski definition) is 1. The van der Waals surface area contributed by atoms with Gasteiger partial charge in [0, 0.05) is 25.3 Å². The standard InChI is InChI=1S/C23H26N4O/c1-23(2,3)18-10-12-19(13-11-18)26-21-14-20(24-16-25-21)22(28)27(4)15-17-8-6-5-7-9-17/h5-14,16H,15H2,1-4H3,(H,24,25,26). The fraction of sp³-hybridized carbons (Fsp3) is 0.261. The molecule has 0 aliphatic heterocycles. The number of nitrogens with zero attached hydrogens (tertiary/aromatic N) is 3. The fourth-order valence-corrected chi connectivity index (χ4v) is 2.87. The average molecular weight is 374 g/mol. The second-order valence-corrected chi connectivity index (χ2v) is 7.89. The second-order valence-electron chi connectivity index (χ2n) is 7.89. The number of anilines is 2. The summed E-state index contributed by atoms with van der Waals surface area (Å²) in [4.78, 5) is 22.8. The molecule has 0 aliphatic carbocycles. The van der Waals surface area contributed by atoms with Gasteiger partial charge in [0.05, 0.1) is 0 Å². The summed E-state index contributed by atoms with van der Waals surface area (Å²) >= 11 is 0. The number of amides is 1. The van der Waals surface area contributed by atoms with Crippen molar-refractivity contribution in [3.8, 4) is 0 Å². The SMILES string of the molecule is CN(Cc1ccccc1)C(=O)c1cc(Nc2ccc(C(C)(C)C)cc2)ncn1. The molecule has 1 amide bonds. The quantitative estimate of drug-likeness (QED) is 0.697. The summed E-state index contributed by atoms with van der Waals surface area (Å²) in [5.74, 6) is 0.451. The highest BCUT2D eigenvalue weighted by molar-refractivity contribution is 5.92. The van der Waals surface area contributed by atoms with Gasteiger partial charge in [-0.05, 0) is 28.7 Å². The van der Waals surface area contributed by atoms with Gasteiger partial charge in [-0.2, -0.15) is 0 Å². The maximum absolute atomic E-state index is 12.7. The van der Waals surface area contributed by atoms with Crippen LogP contribution < -0.4 is 5.32 Å². The van der Waals surface area contributed by atoms with E-state index in [1.807, 2.05) is 42.5 Å². The van der Waals surface area contributed by atoms with Crippen LogP contribution in [0.25, 0.3) is 0 Å². The van der Waals surface area contributed by atoms with Gasteiger partial charge in [0.15, 0.2) is 0 Å². The Morgan fingerprint density at radius 2 is 1.68 bits per heavy atom. The molecule has 0 atom stereocenters. The molecule has 28 heavy (non-hydrogen) atoms. The molecule has 0 bridgehead atoms. The molecule has 0 aliphatic rings. The van der Waals surface area contributed by atoms with E-state index in [-0.39, 0.29) is 11.3 Å². The predicted molar refractivity (Wildman–Crippen MR) is 113 cm³/mol. The minimum absolute atomic E-state index is 0.108. The predicted octanol–water partition coefficient (Wildman–Crippen LogP) is 4.79. The number of rotatable bonds is 5. The maximum Gasteiger partial charge on any atom is 0.272 e. The van der Waals surface area contributed by atoms with Gasteiger partial charge in [-0.15, -0.1) is 0 Å². The van der Waals surface area contributed by atoms with Crippen LogP contribution in [-0.4, -0.2) is 27.8 Å². The van der Waals surface area contributed by atoms with E-state index < -0.39 is 0 Å². The Bertz CT molecular complexity index is 931. The topological polar surface area (TPSA) is 58.1 Å². The first kappa shape index (κ1) is 19.5. The molecule has 1 heterocycles. The lowest BCUT2D eigenvalue weighted by Crippen LogP contribution is -2.27. The van der Waals surface area contributed by atoms with Gasteiger partial charge in [-0.25, -0.2) is 9.97 Å². The zero-order valence-electron chi connectivity index (χ0n) is 16.8. The largest absolute Gasteiger partial charge is 0.340 e. The average Bonchev–Trinajstić information content (AvgIpc) is 2.68. The molecule has 5 heteroatoms. The van der Waals surface area contributed by atoms with Gasteiger partial charge in [-0.1, -0.05) is 63.2 Å². The zero-order chi connectivity index (χ0) is 20.1. The number of carbonyl (C=O) groups is 1. The van der Waals surface area contributed by atoms with Gasteiger partial charge in [-0.3, -0.25) is 4.79 Å². The van der Waals surface area contributed by atoms with Crippen molar-refractivity contribution in [2.24, 2.45) is 0 Å².